The summed E-state index contributed by atoms with van der Waals surface area (Å²) in [5.41, 5.74) is 4.29. The number of hydrogen-bond acceptors (Lipinski definition) is 7. The Morgan fingerprint density at radius 3 is 2.84 bits per heavy atom. The van der Waals surface area contributed by atoms with Gasteiger partial charge in [0.05, 0.1) is 0 Å². The highest BCUT2D eigenvalue weighted by Crippen LogP contribution is 2.48. The first kappa shape index (κ1) is 26.6. The molecule has 3 amide bonds. The summed E-state index contributed by atoms with van der Waals surface area (Å²) in [6, 6.07) is 7.92. The minimum absolute atomic E-state index is 0.144. The van der Waals surface area contributed by atoms with Crippen LogP contribution in [0.25, 0.3) is 0 Å². The summed E-state index contributed by atoms with van der Waals surface area (Å²) < 4.78 is 6.22. The van der Waals surface area contributed by atoms with Crippen molar-refractivity contribution in [1.82, 2.24) is 25.3 Å². The van der Waals surface area contributed by atoms with Gasteiger partial charge in [-0.25, -0.2) is 0 Å². The largest absolute Gasteiger partial charge is 0.364 e. The molecular formula is C33H35N5O5. The summed E-state index contributed by atoms with van der Waals surface area (Å²) in [6.45, 7) is 2.37. The van der Waals surface area contributed by atoms with Crippen molar-refractivity contribution in [2.75, 3.05) is 20.1 Å². The number of allylic oxidation sites excluding steroid dienone is 4. The van der Waals surface area contributed by atoms with Gasteiger partial charge in [0, 0.05) is 48.9 Å². The summed E-state index contributed by atoms with van der Waals surface area (Å²) in [5, 5.41) is 18.3. The van der Waals surface area contributed by atoms with Crippen molar-refractivity contribution in [2.24, 2.45) is 5.92 Å². The van der Waals surface area contributed by atoms with E-state index in [0.717, 1.165) is 23.3 Å². The fourth-order valence-electron chi connectivity index (χ4n) is 8.17. The Bertz CT molecular complexity index is 1610. The van der Waals surface area contributed by atoms with E-state index in [2.05, 4.69) is 33.9 Å². The lowest BCUT2D eigenvalue weighted by Crippen LogP contribution is -2.71. The number of likely N-dealkylation sites (N-methyl/N-ethyl adjacent to an activating group) is 1. The van der Waals surface area contributed by atoms with Crippen molar-refractivity contribution in [3.63, 3.8) is 0 Å². The number of ether oxygens (including phenoxy) is 1. The SMILES string of the molecule is CN1CC(C(=O)NC2(C)OC3(O)C4CCCN4C(=O)C(Cc4ccccc4)N3C2=O)=CC2=C3C=CC=C4NC=C(C[C@H]21)C43. The van der Waals surface area contributed by atoms with E-state index in [1.165, 1.54) is 23.0 Å². The lowest BCUT2D eigenvalue weighted by Gasteiger charge is -2.48. The van der Waals surface area contributed by atoms with Gasteiger partial charge in [-0.15, -0.1) is 0 Å². The Balaban J connectivity index is 1.11. The van der Waals surface area contributed by atoms with Gasteiger partial charge in [-0.1, -0.05) is 42.5 Å². The van der Waals surface area contributed by atoms with Crippen LogP contribution < -0.4 is 10.6 Å². The standard InChI is InChI=1S/C33H35N5O5/c1-32(35-29(39)21-15-23-22-10-6-11-24-28(22)20(17-34-24)16-25(23)36(2)18-21)31(41)38-26(14-19-8-4-3-5-9-19)30(40)37-13-7-12-27(37)33(38,42)43-32/h3-6,8-11,15,17,25-28,34,42H,7,12-14,16,18H2,1-2H3,(H,35,39)/t25-,26?,27?,28?,32?,33?/m1/s1. The number of hydrogen-bond donors (Lipinski definition) is 3. The monoisotopic (exact) mass is 581 g/mol. The maximum Gasteiger partial charge on any atom is 0.280 e. The highest BCUT2D eigenvalue weighted by Gasteiger charge is 2.70. The molecule has 6 atom stereocenters. The van der Waals surface area contributed by atoms with Crippen molar-refractivity contribution < 1.29 is 24.2 Å². The van der Waals surface area contributed by atoms with Crippen molar-refractivity contribution in [1.29, 1.82) is 0 Å². The number of nitrogens with zero attached hydrogens (tertiary/aromatic N) is 3. The second-order valence-electron chi connectivity index (χ2n) is 12.8. The molecular weight excluding hydrogens is 546 g/mol. The molecule has 0 aromatic heterocycles. The smallest absolute Gasteiger partial charge is 0.280 e. The van der Waals surface area contributed by atoms with Gasteiger partial charge in [0.15, 0.2) is 0 Å². The fraction of sp³-hybridized carbons (Fsp3) is 0.424. The fourth-order valence-corrected chi connectivity index (χ4v) is 8.17. The number of benzene rings is 1. The van der Waals surface area contributed by atoms with Crippen LogP contribution in [0.4, 0.5) is 0 Å². The van der Waals surface area contributed by atoms with Gasteiger partial charge in [0.25, 0.3) is 17.7 Å². The van der Waals surface area contributed by atoms with Crippen LogP contribution in [0, 0.1) is 5.92 Å². The van der Waals surface area contributed by atoms with Crippen LogP contribution in [0.1, 0.15) is 31.7 Å². The van der Waals surface area contributed by atoms with E-state index >= 15 is 0 Å². The molecule has 8 rings (SSSR count). The van der Waals surface area contributed by atoms with Gasteiger partial charge >= 0.3 is 0 Å². The highest BCUT2D eigenvalue weighted by atomic mass is 16.7. The van der Waals surface area contributed by atoms with Crippen LogP contribution in [-0.4, -0.2) is 87.4 Å². The summed E-state index contributed by atoms with van der Waals surface area (Å²) in [6.07, 6.45) is 12.6. The molecule has 5 aliphatic heterocycles. The number of piperazine rings is 1. The summed E-state index contributed by atoms with van der Waals surface area (Å²) in [4.78, 5) is 46.8. The molecule has 10 nitrogen and oxygen atoms in total. The minimum atomic E-state index is -2.05. The molecule has 1 aromatic carbocycles. The molecule has 1 aromatic rings. The predicted molar refractivity (Wildman–Crippen MR) is 156 cm³/mol. The molecule has 10 heteroatoms. The number of carbonyl (C=O) groups excluding carboxylic acids is 3. The lowest BCUT2D eigenvalue weighted by atomic mass is 9.73. The Morgan fingerprint density at radius 1 is 1.21 bits per heavy atom. The summed E-state index contributed by atoms with van der Waals surface area (Å²) >= 11 is 0. The third kappa shape index (κ3) is 3.79. The molecule has 0 radical (unpaired) electrons. The van der Waals surface area contributed by atoms with Crippen LogP contribution in [0.2, 0.25) is 0 Å². The van der Waals surface area contributed by atoms with Gasteiger partial charge in [-0.05, 0) is 67.7 Å². The first-order valence-corrected chi connectivity index (χ1v) is 15.1. The number of aliphatic hydroxyl groups is 1. The number of carbonyl (C=O) groups is 3. The van der Waals surface area contributed by atoms with E-state index in [9.17, 15) is 19.5 Å². The van der Waals surface area contributed by atoms with Gasteiger partial charge in [-0.3, -0.25) is 28.9 Å². The van der Waals surface area contributed by atoms with Gasteiger partial charge in [0.2, 0.25) is 11.6 Å². The molecule has 2 aliphatic carbocycles. The number of amides is 3. The van der Waals surface area contributed by atoms with Crippen LogP contribution in [0.15, 0.2) is 88.8 Å². The summed E-state index contributed by atoms with van der Waals surface area (Å²) in [7, 11) is 2.01. The average molecular weight is 582 g/mol. The molecule has 222 valence electrons. The van der Waals surface area contributed by atoms with Crippen LogP contribution in [0.3, 0.4) is 0 Å². The van der Waals surface area contributed by atoms with Crippen molar-refractivity contribution in [2.45, 2.75) is 62.4 Å². The Morgan fingerprint density at radius 2 is 2.02 bits per heavy atom. The molecule has 3 N–H and O–H groups in total. The van der Waals surface area contributed by atoms with E-state index < -0.39 is 35.5 Å². The normalized spacial score (nSPS) is 35.9. The zero-order valence-electron chi connectivity index (χ0n) is 24.2. The van der Waals surface area contributed by atoms with E-state index in [0.29, 0.717) is 31.5 Å². The van der Waals surface area contributed by atoms with Crippen molar-refractivity contribution in [3.05, 3.63) is 94.4 Å². The molecule has 0 saturated carbocycles. The number of rotatable bonds is 4. The Kier molecular flexibility index (Phi) is 5.73. The molecule has 5 unspecified atom stereocenters. The highest BCUT2D eigenvalue weighted by molar-refractivity contribution is 6.01. The molecule has 3 fully saturated rings. The van der Waals surface area contributed by atoms with E-state index in [4.69, 9.17) is 4.74 Å². The zero-order chi connectivity index (χ0) is 29.7. The lowest BCUT2D eigenvalue weighted by molar-refractivity contribution is -0.315. The maximum atomic E-state index is 14.2. The average Bonchev–Trinajstić information content (AvgIpc) is 3.70. The second-order valence-corrected chi connectivity index (χ2v) is 12.8. The number of fused-ring (bicyclic) bond motifs is 4. The van der Waals surface area contributed by atoms with E-state index in [1.54, 1.807) is 4.90 Å². The summed E-state index contributed by atoms with van der Waals surface area (Å²) in [5.74, 6) is -3.13. The predicted octanol–water partition coefficient (Wildman–Crippen LogP) is 1.44. The molecule has 3 saturated heterocycles. The first-order valence-electron chi connectivity index (χ1n) is 15.1. The van der Waals surface area contributed by atoms with Crippen LogP contribution in [0.5, 0.6) is 0 Å². The Labute approximate surface area is 250 Å². The maximum absolute atomic E-state index is 14.2. The topological polar surface area (TPSA) is 114 Å². The minimum Gasteiger partial charge on any atom is -0.364 e. The van der Waals surface area contributed by atoms with Crippen LogP contribution in [-0.2, 0) is 25.5 Å². The molecule has 5 heterocycles. The van der Waals surface area contributed by atoms with Crippen molar-refractivity contribution >= 4 is 17.7 Å². The third-order valence-electron chi connectivity index (χ3n) is 10.2. The second kappa shape index (κ2) is 9.25. The van der Waals surface area contributed by atoms with Gasteiger partial charge in [0.1, 0.15) is 12.1 Å². The molecule has 0 bridgehead atoms. The van der Waals surface area contributed by atoms with E-state index in [1.807, 2.05) is 49.5 Å². The van der Waals surface area contributed by atoms with Crippen molar-refractivity contribution in [3.8, 4) is 0 Å². The third-order valence-corrected chi connectivity index (χ3v) is 10.2. The van der Waals surface area contributed by atoms with Gasteiger partial charge < -0.3 is 20.6 Å². The molecule has 43 heavy (non-hydrogen) atoms. The Hall–Kier alpha value is -3.99. The molecule has 7 aliphatic rings. The zero-order valence-corrected chi connectivity index (χ0v) is 24.2. The molecule has 0 spiro atoms. The first-order chi connectivity index (χ1) is 20.7. The number of nitrogens with one attached hydrogen (secondary N) is 2. The quantitative estimate of drug-likeness (QED) is 0.493. The van der Waals surface area contributed by atoms with Gasteiger partial charge in [-0.2, -0.15) is 0 Å². The van der Waals surface area contributed by atoms with E-state index in [-0.39, 0.29) is 24.3 Å². The van der Waals surface area contributed by atoms with Crippen LogP contribution >= 0.6 is 0 Å².